The summed E-state index contributed by atoms with van der Waals surface area (Å²) in [6.07, 6.45) is 1.68. The zero-order valence-electron chi connectivity index (χ0n) is 10.9. The van der Waals surface area contributed by atoms with Crippen LogP contribution in [0.5, 0.6) is 0 Å². The van der Waals surface area contributed by atoms with Gasteiger partial charge in [0, 0.05) is 12.2 Å². The normalized spacial score (nSPS) is 12.9. The Morgan fingerprint density at radius 3 is 2.44 bits per heavy atom. The second kappa shape index (κ2) is 4.72. The highest BCUT2D eigenvalue weighted by atomic mass is 32.2. The van der Waals surface area contributed by atoms with Gasteiger partial charge in [-0.25, -0.2) is 8.42 Å². The van der Waals surface area contributed by atoms with Gasteiger partial charge in [0.2, 0.25) is 0 Å². The van der Waals surface area contributed by atoms with Gasteiger partial charge in [-0.2, -0.15) is 5.10 Å². The summed E-state index contributed by atoms with van der Waals surface area (Å²) in [6.45, 7) is 6.22. The van der Waals surface area contributed by atoms with E-state index in [1.54, 1.807) is 16.9 Å². The second-order valence-electron chi connectivity index (χ2n) is 4.96. The Balaban J connectivity index is 2.99. The number of rotatable bonds is 5. The number of aromatic nitrogens is 2. The van der Waals surface area contributed by atoms with Crippen LogP contribution in [0.3, 0.4) is 0 Å². The van der Waals surface area contributed by atoms with Crippen molar-refractivity contribution in [3.8, 4) is 0 Å². The Morgan fingerprint density at radius 2 is 2.06 bits per heavy atom. The summed E-state index contributed by atoms with van der Waals surface area (Å²) < 4.78 is 23.9. The Labute approximate surface area is 107 Å². The van der Waals surface area contributed by atoms with Crippen molar-refractivity contribution in [1.82, 2.24) is 9.78 Å². The van der Waals surface area contributed by atoms with Gasteiger partial charge in [-0.15, -0.1) is 0 Å². The molecule has 0 aliphatic rings. The molecule has 0 bridgehead atoms. The first kappa shape index (κ1) is 14.7. The molecule has 0 saturated carbocycles. The standard InChI is InChI=1S/C11H18N2O4S/c1-8(2)13-6-5-9(12-13)7-18(16,17)11(3,4)10(14)15/h5-6,8H,7H2,1-4H3,(H,14,15). The maximum absolute atomic E-state index is 12.0. The van der Waals surface area contributed by atoms with Crippen LogP contribution in [0.15, 0.2) is 12.3 Å². The fraction of sp³-hybridized carbons (Fsp3) is 0.636. The van der Waals surface area contributed by atoms with Crippen molar-refractivity contribution in [3.05, 3.63) is 18.0 Å². The molecule has 0 atom stereocenters. The number of hydrogen-bond donors (Lipinski definition) is 1. The van der Waals surface area contributed by atoms with Crippen molar-refractivity contribution < 1.29 is 18.3 Å². The van der Waals surface area contributed by atoms with E-state index in [1.807, 2.05) is 13.8 Å². The van der Waals surface area contributed by atoms with Crippen LogP contribution in [0.1, 0.15) is 39.4 Å². The monoisotopic (exact) mass is 274 g/mol. The van der Waals surface area contributed by atoms with Crippen LogP contribution in [0.25, 0.3) is 0 Å². The van der Waals surface area contributed by atoms with Crippen LogP contribution in [0.4, 0.5) is 0 Å². The highest BCUT2D eigenvalue weighted by Gasteiger charge is 2.42. The highest BCUT2D eigenvalue weighted by molar-refractivity contribution is 7.92. The Morgan fingerprint density at radius 1 is 1.50 bits per heavy atom. The minimum Gasteiger partial charge on any atom is -0.480 e. The number of carboxylic acid groups (broad SMARTS) is 1. The Hall–Kier alpha value is -1.37. The second-order valence-corrected chi connectivity index (χ2v) is 7.49. The molecule has 1 N–H and O–H groups in total. The van der Waals surface area contributed by atoms with Crippen LogP contribution in [-0.4, -0.2) is 34.0 Å². The van der Waals surface area contributed by atoms with E-state index in [0.717, 1.165) is 0 Å². The number of hydrogen-bond acceptors (Lipinski definition) is 4. The third-order valence-electron chi connectivity index (χ3n) is 2.82. The number of carbonyl (C=O) groups is 1. The van der Waals surface area contributed by atoms with Gasteiger partial charge in [-0.3, -0.25) is 9.48 Å². The lowest BCUT2D eigenvalue weighted by molar-refractivity contribution is -0.139. The summed E-state index contributed by atoms with van der Waals surface area (Å²) in [5.74, 6) is -1.72. The molecule has 0 spiro atoms. The van der Waals surface area contributed by atoms with Crippen molar-refractivity contribution in [1.29, 1.82) is 0 Å². The van der Waals surface area contributed by atoms with E-state index in [2.05, 4.69) is 5.10 Å². The van der Waals surface area contributed by atoms with Crippen LogP contribution in [0, 0.1) is 0 Å². The quantitative estimate of drug-likeness (QED) is 0.872. The van der Waals surface area contributed by atoms with Gasteiger partial charge in [-0.1, -0.05) is 0 Å². The molecule has 0 amide bonds. The SMILES string of the molecule is CC(C)n1ccc(CS(=O)(=O)C(C)(C)C(=O)O)n1. The molecular formula is C11H18N2O4S. The summed E-state index contributed by atoms with van der Waals surface area (Å²) in [5.41, 5.74) is 0.359. The predicted octanol–water partition coefficient (Wildman–Crippen LogP) is 1.24. The third-order valence-corrected chi connectivity index (χ3v) is 5.23. The summed E-state index contributed by atoms with van der Waals surface area (Å²) >= 11 is 0. The first-order valence-corrected chi connectivity index (χ1v) is 7.23. The summed E-state index contributed by atoms with van der Waals surface area (Å²) in [6, 6.07) is 1.73. The van der Waals surface area contributed by atoms with Crippen LogP contribution in [0.2, 0.25) is 0 Å². The first-order chi connectivity index (χ1) is 8.08. The topological polar surface area (TPSA) is 89.3 Å². The number of carboxylic acids is 1. The molecule has 6 nitrogen and oxygen atoms in total. The van der Waals surface area contributed by atoms with E-state index < -0.39 is 20.6 Å². The van der Waals surface area contributed by atoms with Crippen molar-refractivity contribution in [2.45, 2.75) is 44.2 Å². The molecule has 102 valence electrons. The maximum atomic E-state index is 12.0. The molecule has 1 aromatic rings. The van der Waals surface area contributed by atoms with Gasteiger partial charge in [0.25, 0.3) is 0 Å². The van der Waals surface area contributed by atoms with E-state index in [-0.39, 0.29) is 11.8 Å². The molecule has 0 aliphatic heterocycles. The van der Waals surface area contributed by atoms with Gasteiger partial charge in [0.1, 0.15) is 0 Å². The molecule has 1 heterocycles. The van der Waals surface area contributed by atoms with E-state index in [4.69, 9.17) is 5.11 Å². The zero-order valence-corrected chi connectivity index (χ0v) is 11.7. The molecule has 7 heteroatoms. The number of nitrogens with zero attached hydrogens (tertiary/aromatic N) is 2. The van der Waals surface area contributed by atoms with E-state index in [1.165, 1.54) is 13.8 Å². The molecule has 0 aliphatic carbocycles. The molecule has 0 aromatic carbocycles. The fourth-order valence-corrected chi connectivity index (χ4v) is 2.42. The average Bonchev–Trinajstić information content (AvgIpc) is 2.64. The molecular weight excluding hydrogens is 256 g/mol. The van der Waals surface area contributed by atoms with Gasteiger partial charge in [0.05, 0.1) is 11.4 Å². The van der Waals surface area contributed by atoms with E-state index in [0.29, 0.717) is 5.69 Å². The molecule has 18 heavy (non-hydrogen) atoms. The summed E-state index contributed by atoms with van der Waals surface area (Å²) in [4.78, 5) is 11.0. The number of sulfone groups is 1. The number of aliphatic carboxylic acids is 1. The lowest BCUT2D eigenvalue weighted by Crippen LogP contribution is -2.41. The van der Waals surface area contributed by atoms with E-state index in [9.17, 15) is 13.2 Å². The largest absolute Gasteiger partial charge is 0.480 e. The minimum absolute atomic E-state index is 0.133. The van der Waals surface area contributed by atoms with Crippen molar-refractivity contribution in [3.63, 3.8) is 0 Å². The van der Waals surface area contributed by atoms with Crippen molar-refractivity contribution >= 4 is 15.8 Å². The Bertz CT molecular complexity index is 543. The molecule has 1 rings (SSSR count). The average molecular weight is 274 g/mol. The smallest absolute Gasteiger partial charge is 0.324 e. The molecule has 1 aromatic heterocycles. The van der Waals surface area contributed by atoms with E-state index >= 15 is 0 Å². The van der Waals surface area contributed by atoms with Gasteiger partial charge >= 0.3 is 5.97 Å². The Kier molecular flexibility index (Phi) is 3.85. The molecule has 0 radical (unpaired) electrons. The maximum Gasteiger partial charge on any atom is 0.324 e. The third kappa shape index (κ3) is 2.72. The van der Waals surface area contributed by atoms with Gasteiger partial charge in [0.15, 0.2) is 14.6 Å². The van der Waals surface area contributed by atoms with Gasteiger partial charge in [-0.05, 0) is 33.8 Å². The highest BCUT2D eigenvalue weighted by Crippen LogP contribution is 2.21. The van der Waals surface area contributed by atoms with Crippen molar-refractivity contribution in [2.75, 3.05) is 0 Å². The lowest BCUT2D eigenvalue weighted by Gasteiger charge is -2.18. The van der Waals surface area contributed by atoms with Gasteiger partial charge < -0.3 is 5.11 Å². The predicted molar refractivity (Wildman–Crippen MR) is 67.0 cm³/mol. The van der Waals surface area contributed by atoms with Crippen LogP contribution >= 0.6 is 0 Å². The molecule has 0 unspecified atom stereocenters. The first-order valence-electron chi connectivity index (χ1n) is 5.57. The molecule has 0 fully saturated rings. The molecule has 0 saturated heterocycles. The van der Waals surface area contributed by atoms with Crippen LogP contribution in [-0.2, 0) is 20.4 Å². The fourth-order valence-electron chi connectivity index (χ4n) is 1.25. The summed E-state index contributed by atoms with van der Waals surface area (Å²) in [5, 5.41) is 13.1. The van der Waals surface area contributed by atoms with Crippen LogP contribution < -0.4 is 0 Å². The minimum atomic E-state index is -3.80. The van der Waals surface area contributed by atoms with Crippen molar-refractivity contribution in [2.24, 2.45) is 0 Å². The lowest BCUT2D eigenvalue weighted by atomic mass is 10.2. The summed E-state index contributed by atoms with van der Waals surface area (Å²) in [7, 11) is -3.80. The zero-order chi connectivity index (χ0) is 14.1.